The van der Waals surface area contributed by atoms with Gasteiger partial charge >= 0.3 is 6.01 Å². The van der Waals surface area contributed by atoms with Gasteiger partial charge in [-0.3, -0.25) is 10.00 Å². The van der Waals surface area contributed by atoms with Crippen LogP contribution in [0.15, 0.2) is 23.9 Å². The molecular weight excluding hydrogens is 637 g/mol. The van der Waals surface area contributed by atoms with Gasteiger partial charge in [0.05, 0.1) is 36.5 Å². The molecule has 0 unspecified atom stereocenters. The number of pyridine rings is 1. The van der Waals surface area contributed by atoms with Crippen LogP contribution in [0.4, 0.5) is 10.2 Å². The largest absolute Gasteiger partial charge is 0.475 e. The third-order valence-electron chi connectivity index (χ3n) is 11.1. The van der Waals surface area contributed by atoms with E-state index in [0.29, 0.717) is 72.8 Å². The van der Waals surface area contributed by atoms with E-state index in [1.807, 2.05) is 6.07 Å². The molecule has 1 aliphatic carbocycles. The van der Waals surface area contributed by atoms with Crippen molar-refractivity contribution in [1.82, 2.24) is 30.0 Å². The van der Waals surface area contributed by atoms with Crippen LogP contribution in [0.3, 0.4) is 0 Å². The summed E-state index contributed by atoms with van der Waals surface area (Å²) >= 11 is 6.95. The number of hydrogen-bond acceptors (Lipinski definition) is 10. The highest BCUT2D eigenvalue weighted by Gasteiger charge is 2.47. The summed E-state index contributed by atoms with van der Waals surface area (Å²) in [5.41, 5.74) is 3.48. The summed E-state index contributed by atoms with van der Waals surface area (Å²) in [6.07, 6.45) is 9.61. The molecule has 9 rings (SSSR count). The number of halogens is 2. The highest BCUT2D eigenvalue weighted by Crippen LogP contribution is 2.55. The third-order valence-corrected chi connectivity index (χ3v) is 11.4. The van der Waals surface area contributed by atoms with Gasteiger partial charge in [0.25, 0.3) is 0 Å². The van der Waals surface area contributed by atoms with E-state index < -0.39 is 5.82 Å². The molecule has 3 aromatic heterocycles. The Kier molecular flexibility index (Phi) is 7.30. The molecule has 4 aliphatic heterocycles. The number of aromatic amines is 1. The van der Waals surface area contributed by atoms with Crippen molar-refractivity contribution in [2.45, 2.75) is 62.4 Å². The fraction of sp³-hybridized carbons (Fsp3) is 0.543. The number of aromatic nitrogens is 5. The molecule has 1 N–H and O–H groups in total. The Morgan fingerprint density at radius 2 is 2.06 bits per heavy atom. The van der Waals surface area contributed by atoms with E-state index in [1.54, 1.807) is 13.3 Å². The van der Waals surface area contributed by atoms with Gasteiger partial charge in [-0.15, -0.1) is 0 Å². The Morgan fingerprint density at radius 1 is 1.17 bits per heavy atom. The number of methoxy groups -OCH3 is 1. The van der Waals surface area contributed by atoms with Gasteiger partial charge in [-0.05, 0) is 62.1 Å². The zero-order chi connectivity index (χ0) is 32.6. The number of benzene rings is 1. The van der Waals surface area contributed by atoms with Crippen molar-refractivity contribution in [3.05, 3.63) is 40.3 Å². The second-order valence-corrected chi connectivity index (χ2v) is 14.7. The monoisotopic (exact) mass is 675 g/mol. The lowest BCUT2D eigenvalue weighted by Gasteiger charge is -2.31. The molecule has 4 aromatic rings. The van der Waals surface area contributed by atoms with Crippen LogP contribution in [0.1, 0.15) is 51.0 Å². The van der Waals surface area contributed by atoms with Crippen LogP contribution in [0.5, 0.6) is 11.9 Å². The molecule has 3 saturated heterocycles. The predicted octanol–water partition coefficient (Wildman–Crippen LogP) is 5.59. The van der Waals surface area contributed by atoms with Crippen molar-refractivity contribution in [3.8, 4) is 23.1 Å². The van der Waals surface area contributed by atoms with E-state index in [2.05, 4.69) is 33.0 Å². The lowest BCUT2D eigenvalue weighted by atomic mass is 9.88. The summed E-state index contributed by atoms with van der Waals surface area (Å²) in [5, 5.41) is 9.05. The summed E-state index contributed by atoms with van der Waals surface area (Å²) in [7, 11) is 1.71. The minimum Gasteiger partial charge on any atom is -0.475 e. The Hall–Kier alpha value is -3.58. The molecule has 252 valence electrons. The van der Waals surface area contributed by atoms with E-state index in [0.717, 1.165) is 62.6 Å². The average molecular weight is 676 g/mol. The zero-order valence-electron chi connectivity index (χ0n) is 27.3. The number of nitrogens with one attached hydrogen (secondary N) is 1. The molecule has 5 aliphatic rings. The van der Waals surface area contributed by atoms with Gasteiger partial charge in [0.2, 0.25) is 5.88 Å². The number of anilines is 1. The summed E-state index contributed by atoms with van der Waals surface area (Å²) in [4.78, 5) is 19.4. The van der Waals surface area contributed by atoms with Crippen molar-refractivity contribution in [2.75, 3.05) is 64.7 Å². The van der Waals surface area contributed by atoms with Crippen molar-refractivity contribution < 1.29 is 23.3 Å². The molecule has 7 heterocycles. The quantitative estimate of drug-likeness (QED) is 0.249. The summed E-state index contributed by atoms with van der Waals surface area (Å²) in [6, 6.07) is 1.89. The standard InChI is InChI=1S/C35H39ClFN7O4/c1-34(7-8-34)27-23(36)13-24-22(15-38-42-24)25(27)29-28(37)30-26-31(44-10-4-11-46-17-21(44)18-47-32(26)39-29)41-33(40-30)48-19-35-6-3-9-43(35)16-20(14-35)5-12-45-2/h5,13,15,21H,3-4,6-12,14,16-19H2,1-2H3,(H,38,42)/b20-5-/t21-,35-/m0/s1. The first-order chi connectivity index (χ1) is 23.4. The minimum absolute atomic E-state index is 0.122. The lowest BCUT2D eigenvalue weighted by Crippen LogP contribution is -2.43. The first-order valence-corrected chi connectivity index (χ1v) is 17.3. The number of nitrogens with zero attached hydrogens (tertiary/aromatic N) is 6. The van der Waals surface area contributed by atoms with Crippen LogP contribution in [0, 0.1) is 5.82 Å². The first-order valence-electron chi connectivity index (χ1n) is 17.0. The van der Waals surface area contributed by atoms with Crippen LogP contribution >= 0.6 is 11.6 Å². The number of H-pyrrole nitrogens is 1. The van der Waals surface area contributed by atoms with E-state index >= 15 is 4.39 Å². The molecule has 0 amide bonds. The zero-order valence-corrected chi connectivity index (χ0v) is 28.0. The van der Waals surface area contributed by atoms with E-state index in [4.69, 9.17) is 45.5 Å². The van der Waals surface area contributed by atoms with Crippen LogP contribution in [-0.2, 0) is 14.9 Å². The number of hydrogen-bond donors (Lipinski definition) is 1. The maximum absolute atomic E-state index is 17.4. The topological polar surface area (TPSA) is 111 Å². The number of fused-ring (bicyclic) bond motifs is 4. The smallest absolute Gasteiger partial charge is 0.319 e. The van der Waals surface area contributed by atoms with Crippen molar-refractivity contribution in [2.24, 2.45) is 0 Å². The van der Waals surface area contributed by atoms with Crippen LogP contribution in [0.2, 0.25) is 5.02 Å². The first kappa shape index (κ1) is 30.5. The van der Waals surface area contributed by atoms with Gasteiger partial charge in [-0.2, -0.15) is 15.1 Å². The molecule has 11 nitrogen and oxygen atoms in total. The highest BCUT2D eigenvalue weighted by atomic mass is 35.5. The number of ether oxygens (including phenoxy) is 4. The van der Waals surface area contributed by atoms with Crippen molar-refractivity contribution >= 4 is 39.2 Å². The van der Waals surface area contributed by atoms with Crippen molar-refractivity contribution in [1.29, 1.82) is 0 Å². The maximum atomic E-state index is 17.4. The van der Waals surface area contributed by atoms with Gasteiger partial charge < -0.3 is 23.8 Å². The Labute approximate surface area is 282 Å². The Balaban J connectivity index is 1.21. The fourth-order valence-corrected chi connectivity index (χ4v) is 8.75. The fourth-order valence-electron chi connectivity index (χ4n) is 8.31. The summed E-state index contributed by atoms with van der Waals surface area (Å²) < 4.78 is 41.6. The number of rotatable bonds is 7. The Bertz CT molecular complexity index is 1960. The molecule has 48 heavy (non-hydrogen) atoms. The van der Waals surface area contributed by atoms with Crippen LogP contribution in [-0.4, -0.2) is 101 Å². The molecule has 2 atom stereocenters. The SMILES string of the molecule is COC/C=C1\CN2CCC[C@@]2(COc2nc3c4c(nc(-c5c(C6(C)CC6)c(Cl)cc6[nH]ncc56)c(F)c4n2)OC[C@@H]2COCCCN32)C1. The van der Waals surface area contributed by atoms with Gasteiger partial charge in [-0.25, -0.2) is 9.37 Å². The lowest BCUT2D eigenvalue weighted by molar-refractivity contribution is 0.108. The van der Waals surface area contributed by atoms with E-state index in [9.17, 15) is 0 Å². The summed E-state index contributed by atoms with van der Waals surface area (Å²) in [6.45, 7) is 7.17. The summed E-state index contributed by atoms with van der Waals surface area (Å²) in [5.74, 6) is 0.304. The molecular formula is C35H39ClFN7O4. The van der Waals surface area contributed by atoms with E-state index in [-0.39, 0.29) is 34.2 Å². The molecule has 0 radical (unpaired) electrons. The van der Waals surface area contributed by atoms with Crippen LogP contribution < -0.4 is 14.4 Å². The Morgan fingerprint density at radius 3 is 2.92 bits per heavy atom. The van der Waals surface area contributed by atoms with Crippen molar-refractivity contribution in [3.63, 3.8) is 0 Å². The molecule has 13 heteroatoms. The van der Waals surface area contributed by atoms with E-state index in [1.165, 1.54) is 5.57 Å². The third kappa shape index (κ3) is 4.86. The molecule has 1 saturated carbocycles. The molecule has 0 bridgehead atoms. The average Bonchev–Trinajstić information content (AvgIpc) is 3.40. The molecule has 0 spiro atoms. The molecule has 4 fully saturated rings. The molecule has 1 aromatic carbocycles. The predicted molar refractivity (Wildman–Crippen MR) is 180 cm³/mol. The van der Waals surface area contributed by atoms with Gasteiger partial charge in [0, 0.05) is 42.8 Å². The van der Waals surface area contributed by atoms with Crippen LogP contribution in [0.25, 0.3) is 33.1 Å². The highest BCUT2D eigenvalue weighted by molar-refractivity contribution is 6.33. The second-order valence-electron chi connectivity index (χ2n) is 14.3. The maximum Gasteiger partial charge on any atom is 0.319 e. The van der Waals surface area contributed by atoms with Gasteiger partial charge in [-0.1, -0.05) is 30.2 Å². The minimum atomic E-state index is -0.558. The van der Waals surface area contributed by atoms with Gasteiger partial charge in [0.1, 0.15) is 35.6 Å². The normalized spacial score (nSPS) is 25.6. The second kappa shape index (κ2) is 11.5. The van der Waals surface area contributed by atoms with Gasteiger partial charge in [0.15, 0.2) is 5.82 Å².